The lowest BCUT2D eigenvalue weighted by Gasteiger charge is -2.39. The van der Waals surface area contributed by atoms with E-state index in [0.717, 1.165) is 39.0 Å². The second kappa shape index (κ2) is 15.7. The molecule has 6 rings (SSSR count). The fourth-order valence-electron chi connectivity index (χ4n) is 6.38. The number of carbonyl (C=O) groups excluding carboxylic acids is 3. The molecule has 3 aromatic heterocycles. The number of fused-ring (bicyclic) bond motifs is 1. The van der Waals surface area contributed by atoms with E-state index in [2.05, 4.69) is 30.3 Å². The van der Waals surface area contributed by atoms with Crippen LogP contribution in [-0.2, 0) is 20.9 Å². The van der Waals surface area contributed by atoms with Gasteiger partial charge >= 0.3 is 12.6 Å². The van der Waals surface area contributed by atoms with Crippen molar-refractivity contribution in [3.8, 4) is 17.0 Å². The molecule has 2 aliphatic heterocycles. The first kappa shape index (κ1) is 36.1. The summed E-state index contributed by atoms with van der Waals surface area (Å²) in [6.45, 7) is 6.79. The van der Waals surface area contributed by atoms with Crippen LogP contribution in [-0.4, -0.2) is 122 Å². The summed E-state index contributed by atoms with van der Waals surface area (Å²) in [7, 11) is 0. The molecule has 14 nitrogen and oxygen atoms in total. The minimum atomic E-state index is -3.12. The highest BCUT2D eigenvalue weighted by Gasteiger charge is 2.38. The molecular formula is C34H40ClF2N9O5. The lowest BCUT2D eigenvalue weighted by molar-refractivity contribution is -0.157. The lowest BCUT2D eigenvalue weighted by Crippen LogP contribution is -2.52. The Morgan fingerprint density at radius 2 is 1.78 bits per heavy atom. The van der Waals surface area contributed by atoms with E-state index in [-0.39, 0.29) is 51.7 Å². The van der Waals surface area contributed by atoms with E-state index >= 15 is 0 Å². The van der Waals surface area contributed by atoms with Crippen molar-refractivity contribution in [3.05, 3.63) is 59.6 Å². The maximum Gasteiger partial charge on any atom is 0.387 e. The fraction of sp³-hybridized carbons (Fsp3) is 0.471. The van der Waals surface area contributed by atoms with Crippen molar-refractivity contribution in [1.82, 2.24) is 39.1 Å². The van der Waals surface area contributed by atoms with E-state index in [4.69, 9.17) is 21.1 Å². The summed E-state index contributed by atoms with van der Waals surface area (Å²) in [5, 5.41) is 11.7. The van der Waals surface area contributed by atoms with Gasteiger partial charge in [-0.1, -0.05) is 11.6 Å². The van der Waals surface area contributed by atoms with Gasteiger partial charge in [-0.15, -0.1) is 0 Å². The van der Waals surface area contributed by atoms with Gasteiger partial charge in [0.2, 0.25) is 5.91 Å². The SMILES string of the molecule is CCOC(=O)C1(C)CCN(CCN2CCN(C(=O)Cn3cc(NC(=O)c4cnn5cccnc45)c(-c4cc(Cl)ccc4OC(F)F)n3)CC2)CC1. The molecule has 1 aromatic carbocycles. The first-order valence-electron chi connectivity index (χ1n) is 16.8. The highest BCUT2D eigenvalue weighted by molar-refractivity contribution is 6.31. The Labute approximate surface area is 298 Å². The first-order chi connectivity index (χ1) is 24.5. The molecule has 5 heterocycles. The second-order valence-corrected chi connectivity index (χ2v) is 13.3. The van der Waals surface area contributed by atoms with Crippen molar-refractivity contribution < 1.29 is 32.6 Å². The third-order valence-corrected chi connectivity index (χ3v) is 9.66. The molecule has 0 radical (unpaired) electrons. The Morgan fingerprint density at radius 1 is 1.06 bits per heavy atom. The number of esters is 1. The van der Waals surface area contributed by atoms with E-state index in [0.29, 0.717) is 38.4 Å². The minimum Gasteiger partial charge on any atom is -0.466 e. The molecule has 2 saturated heterocycles. The molecule has 0 aliphatic carbocycles. The highest BCUT2D eigenvalue weighted by atomic mass is 35.5. The van der Waals surface area contributed by atoms with Crippen LogP contribution >= 0.6 is 11.6 Å². The number of ether oxygens (including phenoxy) is 2. The summed E-state index contributed by atoms with van der Waals surface area (Å²) in [5.41, 5.74) is 0.404. The van der Waals surface area contributed by atoms with Gasteiger partial charge in [0.25, 0.3) is 5.91 Å². The van der Waals surface area contributed by atoms with Gasteiger partial charge in [-0.25, -0.2) is 9.50 Å². The second-order valence-electron chi connectivity index (χ2n) is 12.9. The van der Waals surface area contributed by atoms with Crippen molar-refractivity contribution in [2.75, 3.05) is 64.3 Å². The van der Waals surface area contributed by atoms with Crippen LogP contribution in [0.15, 0.2) is 49.1 Å². The predicted octanol–water partition coefficient (Wildman–Crippen LogP) is 3.91. The molecule has 2 fully saturated rings. The van der Waals surface area contributed by atoms with E-state index in [1.807, 2.05) is 13.8 Å². The molecule has 17 heteroatoms. The monoisotopic (exact) mass is 727 g/mol. The summed E-state index contributed by atoms with van der Waals surface area (Å²) in [5.74, 6) is -1.07. The molecule has 0 saturated carbocycles. The van der Waals surface area contributed by atoms with Crippen molar-refractivity contribution in [2.24, 2.45) is 5.41 Å². The van der Waals surface area contributed by atoms with E-state index in [1.54, 1.807) is 17.2 Å². The number of benzene rings is 1. The molecule has 0 bridgehead atoms. The summed E-state index contributed by atoms with van der Waals surface area (Å²) < 4.78 is 39.5. The number of piperidine rings is 1. The molecule has 1 N–H and O–H groups in total. The third-order valence-electron chi connectivity index (χ3n) is 9.43. The Morgan fingerprint density at radius 3 is 2.49 bits per heavy atom. The molecule has 0 unspecified atom stereocenters. The Balaban J connectivity index is 1.10. The zero-order chi connectivity index (χ0) is 36.1. The van der Waals surface area contributed by atoms with Crippen molar-refractivity contribution in [1.29, 1.82) is 0 Å². The van der Waals surface area contributed by atoms with Gasteiger partial charge in [-0.3, -0.25) is 24.0 Å². The third kappa shape index (κ3) is 8.45. The van der Waals surface area contributed by atoms with Crippen molar-refractivity contribution in [2.45, 2.75) is 39.8 Å². The van der Waals surface area contributed by atoms with Gasteiger partial charge in [0.05, 0.1) is 23.9 Å². The molecule has 2 amide bonds. The van der Waals surface area contributed by atoms with Gasteiger partial charge in [-0.05, 0) is 64.0 Å². The van der Waals surface area contributed by atoms with Crippen LogP contribution in [0.5, 0.6) is 5.75 Å². The Bertz CT molecular complexity index is 1870. The highest BCUT2D eigenvalue weighted by Crippen LogP contribution is 2.37. The van der Waals surface area contributed by atoms with Gasteiger partial charge < -0.3 is 24.6 Å². The number of rotatable bonds is 12. The number of amides is 2. The lowest BCUT2D eigenvalue weighted by atomic mass is 9.80. The average molecular weight is 728 g/mol. The van der Waals surface area contributed by atoms with Gasteiger partial charge in [0.15, 0.2) is 5.65 Å². The van der Waals surface area contributed by atoms with Crippen LogP contribution in [0.2, 0.25) is 5.02 Å². The normalized spacial score (nSPS) is 16.8. The summed E-state index contributed by atoms with van der Waals surface area (Å²) >= 11 is 6.24. The average Bonchev–Trinajstić information content (AvgIpc) is 3.73. The smallest absolute Gasteiger partial charge is 0.387 e. The summed E-state index contributed by atoms with van der Waals surface area (Å²) in [6.07, 6.45) is 7.55. The van der Waals surface area contributed by atoms with Gasteiger partial charge in [-0.2, -0.15) is 19.0 Å². The quantitative estimate of drug-likeness (QED) is 0.214. The topological polar surface area (TPSA) is 139 Å². The van der Waals surface area contributed by atoms with E-state index in [1.165, 1.54) is 46.0 Å². The van der Waals surface area contributed by atoms with Crippen LogP contribution in [0.1, 0.15) is 37.0 Å². The largest absolute Gasteiger partial charge is 0.466 e. The van der Waals surface area contributed by atoms with Gasteiger partial charge in [0.1, 0.15) is 23.6 Å². The van der Waals surface area contributed by atoms with Crippen LogP contribution in [0.25, 0.3) is 16.9 Å². The van der Waals surface area contributed by atoms with Crippen LogP contribution in [0.4, 0.5) is 14.5 Å². The zero-order valence-corrected chi connectivity index (χ0v) is 29.2. The number of hydrogen-bond donors (Lipinski definition) is 1. The number of nitrogens with zero attached hydrogens (tertiary/aromatic N) is 8. The summed E-state index contributed by atoms with van der Waals surface area (Å²) in [4.78, 5) is 49.9. The number of likely N-dealkylation sites (tertiary alicyclic amines) is 1. The summed E-state index contributed by atoms with van der Waals surface area (Å²) in [6, 6.07) is 5.77. The molecule has 272 valence electrons. The van der Waals surface area contributed by atoms with Crippen molar-refractivity contribution in [3.63, 3.8) is 0 Å². The number of aromatic nitrogens is 5. The Hall–Kier alpha value is -4.67. The number of anilines is 1. The Kier molecular flexibility index (Phi) is 11.1. The molecule has 4 aromatic rings. The molecule has 0 atom stereocenters. The minimum absolute atomic E-state index is 0.0869. The zero-order valence-electron chi connectivity index (χ0n) is 28.4. The standard InChI is InChI=1S/C34H40ClF2N9O5/c1-3-50-32(49)34(2)7-11-42(12-8-34)13-14-43-15-17-44(18-16-43)28(47)22-45-21-26(40-31(48)25-20-39-46-10-4-9-38-30(25)46)29(41-45)24-19-23(35)5-6-27(24)51-33(36)37/h4-6,9-10,19-21,33H,3,7-8,11-18,22H2,1-2H3,(H,40,48). The van der Waals surface area contributed by atoms with Crippen LogP contribution < -0.4 is 10.1 Å². The molecule has 2 aliphatic rings. The van der Waals surface area contributed by atoms with Crippen LogP contribution in [0, 0.1) is 5.41 Å². The van der Waals surface area contributed by atoms with E-state index < -0.39 is 17.9 Å². The fourth-order valence-corrected chi connectivity index (χ4v) is 6.55. The van der Waals surface area contributed by atoms with E-state index in [9.17, 15) is 23.2 Å². The maximum absolute atomic E-state index is 13.5. The van der Waals surface area contributed by atoms with Crippen LogP contribution in [0.3, 0.4) is 0 Å². The number of nitrogens with one attached hydrogen (secondary N) is 1. The molecule has 0 spiro atoms. The number of alkyl halides is 2. The maximum atomic E-state index is 13.5. The molecule has 51 heavy (non-hydrogen) atoms. The number of halogens is 3. The number of hydrogen-bond acceptors (Lipinski definition) is 10. The van der Waals surface area contributed by atoms with Crippen molar-refractivity contribution >= 4 is 40.7 Å². The number of carbonyl (C=O) groups is 3. The first-order valence-corrected chi connectivity index (χ1v) is 17.2. The predicted molar refractivity (Wildman–Crippen MR) is 184 cm³/mol. The molecular weight excluding hydrogens is 688 g/mol. The number of piperazine rings is 1. The van der Waals surface area contributed by atoms with Gasteiger partial charge in [0, 0.05) is 68.4 Å².